The monoisotopic (exact) mass is 423 g/mol. The van der Waals surface area contributed by atoms with Crippen molar-refractivity contribution in [1.82, 2.24) is 24.7 Å². The highest BCUT2D eigenvalue weighted by Gasteiger charge is 2.23. The van der Waals surface area contributed by atoms with Crippen molar-refractivity contribution in [3.8, 4) is 0 Å². The summed E-state index contributed by atoms with van der Waals surface area (Å²) in [5.41, 5.74) is 2.01. The van der Waals surface area contributed by atoms with Crippen molar-refractivity contribution in [2.45, 2.75) is 39.2 Å². The molecule has 2 amide bonds. The first-order valence-electron chi connectivity index (χ1n) is 11.4. The van der Waals surface area contributed by atoms with Gasteiger partial charge in [-0.2, -0.15) is 0 Å². The molecule has 2 aliphatic rings. The van der Waals surface area contributed by atoms with Gasteiger partial charge in [-0.05, 0) is 62.9 Å². The number of rotatable bonds is 7. The lowest BCUT2D eigenvalue weighted by atomic mass is 9.97. The van der Waals surface area contributed by atoms with Crippen LogP contribution in [0.5, 0.6) is 0 Å². The number of imidazole rings is 1. The molecule has 2 fully saturated rings. The van der Waals surface area contributed by atoms with Gasteiger partial charge in [-0.25, -0.2) is 4.98 Å². The highest BCUT2D eigenvalue weighted by Crippen LogP contribution is 2.22. The van der Waals surface area contributed by atoms with Crippen LogP contribution in [0.15, 0.2) is 36.7 Å². The Labute approximate surface area is 184 Å². The van der Waals surface area contributed by atoms with Gasteiger partial charge in [0.1, 0.15) is 5.82 Å². The van der Waals surface area contributed by atoms with Crippen LogP contribution >= 0.6 is 0 Å². The van der Waals surface area contributed by atoms with E-state index in [4.69, 9.17) is 0 Å². The Morgan fingerprint density at radius 3 is 2.77 bits per heavy atom. The smallest absolute Gasteiger partial charge is 0.253 e. The zero-order valence-corrected chi connectivity index (χ0v) is 18.4. The largest absolute Gasteiger partial charge is 0.354 e. The minimum atomic E-state index is 0.0169. The van der Waals surface area contributed by atoms with E-state index in [1.807, 2.05) is 18.3 Å². The number of likely N-dealkylation sites (tertiary alicyclic amines) is 1. The molecular formula is C24H33N5O2. The standard InChI is InChI=1S/C24H33N5O2/c1-19-25-9-15-28(19)12-2-11-27-13-7-21(18-27)17-20-3-5-22(6-4-20)24(31)29-14-8-23(30)26-10-16-29/h3-6,9,15,21H,2,7-8,10-14,16-18H2,1H3,(H,26,30). The first kappa shape index (κ1) is 21.6. The summed E-state index contributed by atoms with van der Waals surface area (Å²) in [6, 6.07) is 8.08. The molecule has 1 atom stereocenters. The highest BCUT2D eigenvalue weighted by atomic mass is 16.2. The van der Waals surface area contributed by atoms with E-state index in [0.29, 0.717) is 37.5 Å². The van der Waals surface area contributed by atoms with Gasteiger partial charge < -0.3 is 19.7 Å². The van der Waals surface area contributed by atoms with Crippen molar-refractivity contribution in [2.24, 2.45) is 5.92 Å². The maximum absolute atomic E-state index is 12.7. The molecule has 7 nitrogen and oxygen atoms in total. The summed E-state index contributed by atoms with van der Waals surface area (Å²) in [6.07, 6.45) is 7.75. The second-order valence-corrected chi connectivity index (χ2v) is 8.77. The number of hydrogen-bond acceptors (Lipinski definition) is 4. The summed E-state index contributed by atoms with van der Waals surface area (Å²) in [5.74, 6) is 1.80. The third-order valence-corrected chi connectivity index (χ3v) is 6.49. The zero-order valence-electron chi connectivity index (χ0n) is 18.4. The van der Waals surface area contributed by atoms with Gasteiger partial charge in [-0.3, -0.25) is 9.59 Å². The third-order valence-electron chi connectivity index (χ3n) is 6.49. The molecule has 1 N–H and O–H groups in total. The molecule has 0 bridgehead atoms. The van der Waals surface area contributed by atoms with Crippen molar-refractivity contribution >= 4 is 11.8 Å². The molecule has 2 aromatic rings. The number of carbonyl (C=O) groups excluding carboxylic acids is 2. The second-order valence-electron chi connectivity index (χ2n) is 8.77. The molecule has 2 aliphatic heterocycles. The molecule has 31 heavy (non-hydrogen) atoms. The number of aromatic nitrogens is 2. The van der Waals surface area contributed by atoms with E-state index in [-0.39, 0.29) is 11.8 Å². The summed E-state index contributed by atoms with van der Waals surface area (Å²) in [5, 5.41) is 2.82. The van der Waals surface area contributed by atoms with Crippen LogP contribution in [-0.2, 0) is 17.8 Å². The summed E-state index contributed by atoms with van der Waals surface area (Å²) in [6.45, 7) is 8.14. The fourth-order valence-corrected chi connectivity index (χ4v) is 4.66. The number of benzene rings is 1. The lowest BCUT2D eigenvalue weighted by molar-refractivity contribution is -0.120. The Balaban J connectivity index is 1.22. The fraction of sp³-hybridized carbons (Fsp3) is 0.542. The summed E-state index contributed by atoms with van der Waals surface area (Å²) in [4.78, 5) is 32.9. The normalized spacial score (nSPS) is 20.0. The Hall–Kier alpha value is -2.67. The average molecular weight is 424 g/mol. The molecule has 0 aliphatic carbocycles. The van der Waals surface area contributed by atoms with Gasteiger partial charge >= 0.3 is 0 Å². The zero-order chi connectivity index (χ0) is 21.6. The number of amides is 2. The van der Waals surface area contributed by atoms with Crippen LogP contribution in [0, 0.1) is 12.8 Å². The van der Waals surface area contributed by atoms with Crippen LogP contribution in [0.1, 0.15) is 41.0 Å². The van der Waals surface area contributed by atoms with Crippen LogP contribution in [0.3, 0.4) is 0 Å². The third kappa shape index (κ3) is 5.73. The molecule has 2 saturated heterocycles. The molecule has 0 radical (unpaired) electrons. The number of aryl methyl sites for hydroxylation is 2. The lowest BCUT2D eigenvalue weighted by Crippen LogP contribution is -2.34. The van der Waals surface area contributed by atoms with Gasteiger partial charge in [-0.15, -0.1) is 0 Å². The van der Waals surface area contributed by atoms with Crippen molar-refractivity contribution in [3.63, 3.8) is 0 Å². The topological polar surface area (TPSA) is 70.5 Å². The van der Waals surface area contributed by atoms with Gasteiger partial charge in [-0.1, -0.05) is 12.1 Å². The maximum atomic E-state index is 12.7. The van der Waals surface area contributed by atoms with Crippen molar-refractivity contribution in [2.75, 3.05) is 39.3 Å². The summed E-state index contributed by atoms with van der Waals surface area (Å²) < 4.78 is 2.22. The average Bonchev–Trinajstić information content (AvgIpc) is 3.32. The number of nitrogens with one attached hydrogen (secondary N) is 1. The fourth-order valence-electron chi connectivity index (χ4n) is 4.66. The number of hydrogen-bond donors (Lipinski definition) is 1. The quantitative estimate of drug-likeness (QED) is 0.741. The molecule has 166 valence electrons. The van der Waals surface area contributed by atoms with E-state index < -0.39 is 0 Å². The van der Waals surface area contributed by atoms with Crippen LogP contribution in [0.25, 0.3) is 0 Å². The minimum Gasteiger partial charge on any atom is -0.354 e. The predicted octanol–water partition coefficient (Wildman–Crippen LogP) is 2.11. The lowest BCUT2D eigenvalue weighted by Gasteiger charge is -2.20. The second kappa shape index (κ2) is 10.1. The van der Waals surface area contributed by atoms with Gasteiger partial charge in [0.05, 0.1) is 0 Å². The minimum absolute atomic E-state index is 0.0169. The van der Waals surface area contributed by atoms with Gasteiger partial charge in [0.15, 0.2) is 0 Å². The Bertz CT molecular complexity index is 892. The van der Waals surface area contributed by atoms with Crippen molar-refractivity contribution in [1.29, 1.82) is 0 Å². The molecule has 7 heteroatoms. The molecular weight excluding hydrogens is 390 g/mol. The van der Waals surface area contributed by atoms with Gasteiger partial charge in [0.25, 0.3) is 5.91 Å². The molecule has 0 spiro atoms. The van der Waals surface area contributed by atoms with E-state index in [9.17, 15) is 9.59 Å². The summed E-state index contributed by atoms with van der Waals surface area (Å²) >= 11 is 0. The van der Waals surface area contributed by atoms with Crippen LogP contribution in [-0.4, -0.2) is 70.4 Å². The first-order valence-corrected chi connectivity index (χ1v) is 11.4. The van der Waals surface area contributed by atoms with E-state index in [2.05, 4.69) is 45.0 Å². The van der Waals surface area contributed by atoms with Crippen LogP contribution in [0.4, 0.5) is 0 Å². The molecule has 0 saturated carbocycles. The number of carbonyl (C=O) groups is 2. The number of nitrogens with zero attached hydrogens (tertiary/aromatic N) is 4. The van der Waals surface area contributed by atoms with E-state index in [0.717, 1.165) is 38.3 Å². The van der Waals surface area contributed by atoms with E-state index in [1.165, 1.54) is 18.5 Å². The Morgan fingerprint density at radius 2 is 2.00 bits per heavy atom. The van der Waals surface area contributed by atoms with Crippen LogP contribution in [0.2, 0.25) is 0 Å². The predicted molar refractivity (Wildman–Crippen MR) is 120 cm³/mol. The SMILES string of the molecule is Cc1nccn1CCCN1CCC(Cc2ccc(C(=O)N3CCNC(=O)CC3)cc2)C1. The molecule has 4 rings (SSSR count). The molecule has 1 unspecified atom stereocenters. The van der Waals surface area contributed by atoms with E-state index in [1.54, 1.807) is 4.90 Å². The summed E-state index contributed by atoms with van der Waals surface area (Å²) in [7, 11) is 0. The Kier molecular flexibility index (Phi) is 7.02. The molecule has 3 heterocycles. The molecule has 1 aromatic carbocycles. The van der Waals surface area contributed by atoms with Crippen molar-refractivity contribution in [3.05, 3.63) is 53.6 Å². The van der Waals surface area contributed by atoms with Crippen molar-refractivity contribution < 1.29 is 9.59 Å². The van der Waals surface area contributed by atoms with Crippen LogP contribution < -0.4 is 5.32 Å². The maximum Gasteiger partial charge on any atom is 0.253 e. The molecule has 1 aromatic heterocycles. The van der Waals surface area contributed by atoms with Gasteiger partial charge in [0.2, 0.25) is 5.91 Å². The van der Waals surface area contributed by atoms with Gasteiger partial charge in [0, 0.05) is 57.1 Å². The highest BCUT2D eigenvalue weighted by molar-refractivity contribution is 5.94. The van der Waals surface area contributed by atoms with E-state index >= 15 is 0 Å². The first-order chi connectivity index (χ1) is 15.1. The Morgan fingerprint density at radius 1 is 1.16 bits per heavy atom.